The first-order valence-corrected chi connectivity index (χ1v) is 3.57. The van der Waals surface area contributed by atoms with Gasteiger partial charge in [0.2, 0.25) is 0 Å². The van der Waals surface area contributed by atoms with Crippen LogP contribution in [-0.4, -0.2) is 6.54 Å². The van der Waals surface area contributed by atoms with Crippen LogP contribution in [0.1, 0.15) is 5.56 Å². The molecule has 0 unspecified atom stereocenters. The molecule has 0 aromatic heterocycles. The lowest BCUT2D eigenvalue weighted by Crippen LogP contribution is -1.99. The van der Waals surface area contributed by atoms with Gasteiger partial charge in [-0.3, -0.25) is 0 Å². The lowest BCUT2D eigenvalue weighted by molar-refractivity contribution is 1.33. The zero-order valence-electron chi connectivity index (χ0n) is 6.59. The highest BCUT2D eigenvalue weighted by atomic mass is 14.9. The highest BCUT2D eigenvalue weighted by Gasteiger charge is 1.91. The molecule has 1 N–H and O–H groups in total. The van der Waals surface area contributed by atoms with Crippen LogP contribution >= 0.6 is 0 Å². The van der Waals surface area contributed by atoms with E-state index in [2.05, 4.69) is 24.2 Å². The summed E-state index contributed by atoms with van der Waals surface area (Å²) in [5, 5.41) is 3.13. The fraction of sp³-hybridized carbons (Fsp3) is 0.200. The molecule has 11 heavy (non-hydrogen) atoms. The van der Waals surface area contributed by atoms with Gasteiger partial charge in [0, 0.05) is 5.69 Å². The molecule has 0 amide bonds. The van der Waals surface area contributed by atoms with Gasteiger partial charge in [-0.25, -0.2) is 0 Å². The van der Waals surface area contributed by atoms with E-state index in [1.54, 1.807) is 0 Å². The summed E-state index contributed by atoms with van der Waals surface area (Å²) in [6.45, 7) is 2.64. The summed E-state index contributed by atoms with van der Waals surface area (Å²) < 4.78 is 0. The zero-order chi connectivity index (χ0) is 8.10. The standard InChI is InChI=1S/C10H11N/c1-3-8-11-10-7-5-4-6-9(10)2/h1,4-7,11H,8H2,2H3. The molecule has 1 aromatic rings. The summed E-state index contributed by atoms with van der Waals surface area (Å²) >= 11 is 0. The molecule has 0 aliphatic rings. The molecule has 0 bridgehead atoms. The van der Waals surface area contributed by atoms with E-state index in [9.17, 15) is 0 Å². The van der Waals surface area contributed by atoms with Gasteiger partial charge in [-0.15, -0.1) is 6.42 Å². The Morgan fingerprint density at radius 3 is 2.82 bits per heavy atom. The van der Waals surface area contributed by atoms with E-state index in [-0.39, 0.29) is 0 Å². The zero-order valence-corrected chi connectivity index (χ0v) is 6.59. The summed E-state index contributed by atoms with van der Waals surface area (Å²) in [4.78, 5) is 0. The second-order valence-electron chi connectivity index (χ2n) is 2.37. The fourth-order valence-electron chi connectivity index (χ4n) is 0.917. The quantitative estimate of drug-likeness (QED) is 0.628. The van der Waals surface area contributed by atoms with E-state index in [4.69, 9.17) is 6.42 Å². The first kappa shape index (κ1) is 7.68. The number of benzene rings is 1. The lowest BCUT2D eigenvalue weighted by Gasteiger charge is -2.04. The highest BCUT2D eigenvalue weighted by Crippen LogP contribution is 2.11. The Labute approximate surface area is 67.4 Å². The number of hydrogen-bond acceptors (Lipinski definition) is 1. The molecular formula is C10H11N. The van der Waals surface area contributed by atoms with Crippen LogP contribution in [-0.2, 0) is 0 Å². The highest BCUT2D eigenvalue weighted by molar-refractivity contribution is 5.50. The minimum absolute atomic E-state index is 0.588. The van der Waals surface area contributed by atoms with Gasteiger partial charge < -0.3 is 5.32 Å². The van der Waals surface area contributed by atoms with Crippen molar-refractivity contribution < 1.29 is 0 Å². The van der Waals surface area contributed by atoms with Crippen LogP contribution in [0.25, 0.3) is 0 Å². The van der Waals surface area contributed by atoms with Gasteiger partial charge in [0.15, 0.2) is 0 Å². The predicted molar refractivity (Wildman–Crippen MR) is 48.5 cm³/mol. The van der Waals surface area contributed by atoms with Crippen LogP contribution in [0, 0.1) is 19.3 Å². The van der Waals surface area contributed by atoms with E-state index < -0.39 is 0 Å². The molecular weight excluding hydrogens is 134 g/mol. The number of terminal acetylenes is 1. The third-order valence-electron chi connectivity index (χ3n) is 1.53. The second kappa shape index (κ2) is 3.68. The third-order valence-corrected chi connectivity index (χ3v) is 1.53. The molecule has 0 aliphatic carbocycles. The van der Waals surface area contributed by atoms with Crippen molar-refractivity contribution in [3.63, 3.8) is 0 Å². The van der Waals surface area contributed by atoms with Crippen molar-refractivity contribution in [2.75, 3.05) is 11.9 Å². The number of rotatable bonds is 2. The normalized spacial score (nSPS) is 8.73. The summed E-state index contributed by atoms with van der Waals surface area (Å²) in [5.74, 6) is 2.53. The van der Waals surface area contributed by atoms with E-state index in [1.165, 1.54) is 5.56 Å². The Morgan fingerprint density at radius 1 is 1.45 bits per heavy atom. The average molecular weight is 145 g/mol. The van der Waals surface area contributed by atoms with Gasteiger partial charge in [-0.1, -0.05) is 24.1 Å². The van der Waals surface area contributed by atoms with Crippen molar-refractivity contribution in [3.8, 4) is 12.3 Å². The summed E-state index contributed by atoms with van der Waals surface area (Å²) in [6, 6.07) is 8.08. The molecule has 56 valence electrons. The Bertz CT molecular complexity index is 270. The number of anilines is 1. The Kier molecular flexibility index (Phi) is 2.57. The van der Waals surface area contributed by atoms with Gasteiger partial charge in [0.25, 0.3) is 0 Å². The van der Waals surface area contributed by atoms with E-state index in [1.807, 2.05) is 18.2 Å². The summed E-state index contributed by atoms with van der Waals surface area (Å²) in [7, 11) is 0. The van der Waals surface area contributed by atoms with Gasteiger partial charge >= 0.3 is 0 Å². The average Bonchev–Trinajstić information content (AvgIpc) is 2.03. The minimum atomic E-state index is 0.588. The Balaban J connectivity index is 2.71. The molecule has 1 nitrogen and oxygen atoms in total. The molecule has 1 heteroatoms. The fourth-order valence-corrected chi connectivity index (χ4v) is 0.917. The van der Waals surface area contributed by atoms with Gasteiger partial charge in [-0.05, 0) is 18.6 Å². The van der Waals surface area contributed by atoms with Crippen LogP contribution in [0.4, 0.5) is 5.69 Å². The number of nitrogens with one attached hydrogen (secondary N) is 1. The van der Waals surface area contributed by atoms with Crippen molar-refractivity contribution in [2.24, 2.45) is 0 Å². The van der Waals surface area contributed by atoms with Crippen LogP contribution in [0.15, 0.2) is 24.3 Å². The maximum absolute atomic E-state index is 5.11. The van der Waals surface area contributed by atoms with Crippen molar-refractivity contribution in [1.29, 1.82) is 0 Å². The Morgan fingerprint density at radius 2 is 2.18 bits per heavy atom. The molecule has 0 atom stereocenters. The molecule has 1 rings (SSSR count). The van der Waals surface area contributed by atoms with Gasteiger partial charge in [-0.2, -0.15) is 0 Å². The maximum atomic E-state index is 5.11. The maximum Gasteiger partial charge on any atom is 0.0763 e. The van der Waals surface area contributed by atoms with Gasteiger partial charge in [0.1, 0.15) is 0 Å². The second-order valence-corrected chi connectivity index (χ2v) is 2.37. The topological polar surface area (TPSA) is 12.0 Å². The van der Waals surface area contributed by atoms with Gasteiger partial charge in [0.05, 0.1) is 6.54 Å². The van der Waals surface area contributed by atoms with Crippen molar-refractivity contribution in [3.05, 3.63) is 29.8 Å². The smallest absolute Gasteiger partial charge is 0.0763 e. The van der Waals surface area contributed by atoms with Crippen LogP contribution in [0.2, 0.25) is 0 Å². The molecule has 0 aliphatic heterocycles. The summed E-state index contributed by atoms with van der Waals surface area (Å²) in [6.07, 6.45) is 5.11. The minimum Gasteiger partial charge on any atom is -0.374 e. The third kappa shape index (κ3) is 2.01. The Hall–Kier alpha value is -1.42. The number of para-hydroxylation sites is 1. The number of aryl methyl sites for hydroxylation is 1. The van der Waals surface area contributed by atoms with E-state index in [0.29, 0.717) is 6.54 Å². The predicted octanol–water partition coefficient (Wildman–Crippen LogP) is 2.04. The molecule has 0 fully saturated rings. The number of hydrogen-bond donors (Lipinski definition) is 1. The molecule has 0 saturated carbocycles. The van der Waals surface area contributed by atoms with Crippen molar-refractivity contribution in [2.45, 2.75) is 6.92 Å². The first-order chi connectivity index (χ1) is 5.34. The monoisotopic (exact) mass is 145 g/mol. The first-order valence-electron chi connectivity index (χ1n) is 3.57. The van der Waals surface area contributed by atoms with E-state index >= 15 is 0 Å². The van der Waals surface area contributed by atoms with Crippen LogP contribution in [0.5, 0.6) is 0 Å². The molecule has 0 spiro atoms. The molecule has 1 aromatic carbocycles. The SMILES string of the molecule is C#CCNc1ccccc1C. The van der Waals surface area contributed by atoms with Crippen LogP contribution in [0.3, 0.4) is 0 Å². The van der Waals surface area contributed by atoms with Crippen LogP contribution < -0.4 is 5.32 Å². The molecule has 0 heterocycles. The summed E-state index contributed by atoms with van der Waals surface area (Å²) in [5.41, 5.74) is 2.34. The van der Waals surface area contributed by atoms with E-state index in [0.717, 1.165) is 5.69 Å². The lowest BCUT2D eigenvalue weighted by atomic mass is 10.2. The van der Waals surface area contributed by atoms with Crippen molar-refractivity contribution >= 4 is 5.69 Å². The molecule has 0 radical (unpaired) electrons. The van der Waals surface area contributed by atoms with Crippen molar-refractivity contribution in [1.82, 2.24) is 0 Å². The largest absolute Gasteiger partial charge is 0.374 e. The molecule has 0 saturated heterocycles.